The number of rotatable bonds is 1. The molecule has 0 amide bonds. The molecule has 0 saturated heterocycles. The van der Waals surface area contributed by atoms with Crippen LogP contribution in [0.2, 0.25) is 0 Å². The Balaban J connectivity index is 3.04. The first-order chi connectivity index (χ1) is 2.81. The van der Waals surface area contributed by atoms with Crippen LogP contribution in [-0.2, 0) is 0 Å². The molecule has 0 aromatic rings. The van der Waals surface area contributed by atoms with Gasteiger partial charge >= 0.3 is 0 Å². The number of nitrogens with zero attached hydrogens (tertiary/aromatic N) is 1. The minimum atomic E-state index is 0.0532. The Morgan fingerprint density at radius 3 is 2.50 bits per heavy atom. The topological polar surface area (TPSA) is 23.8 Å². The van der Waals surface area contributed by atoms with Gasteiger partial charge in [0.05, 0.1) is 6.07 Å². The fourth-order valence-electron chi connectivity index (χ4n) is 0.0913. The van der Waals surface area contributed by atoms with Gasteiger partial charge in [0, 0.05) is 0 Å². The van der Waals surface area contributed by atoms with Crippen molar-refractivity contribution in [3.63, 3.8) is 0 Å². The summed E-state index contributed by atoms with van der Waals surface area (Å²) >= 11 is 3.11. The summed E-state index contributed by atoms with van der Waals surface area (Å²) in [6.45, 7) is 1.96. The van der Waals surface area contributed by atoms with Gasteiger partial charge in [0.25, 0.3) is 0 Å². The molecule has 1 nitrogen and oxygen atoms in total. The maximum Gasteiger partial charge on any atom is 0.101 e. The first-order valence-electron chi connectivity index (χ1n) is 1.85. The quantitative estimate of drug-likeness (QED) is 0.519. The third-order valence-electron chi connectivity index (χ3n) is 0.499. The Morgan fingerprint density at radius 1 is 2.00 bits per heavy atom. The van der Waals surface area contributed by atoms with Crippen molar-refractivity contribution in [3.8, 4) is 6.07 Å². The molecule has 0 aliphatic rings. The van der Waals surface area contributed by atoms with E-state index in [1.54, 1.807) is 0 Å². The molecule has 6 heavy (non-hydrogen) atoms. The molecule has 0 spiro atoms. The Morgan fingerprint density at radius 2 is 2.50 bits per heavy atom. The van der Waals surface area contributed by atoms with E-state index in [9.17, 15) is 0 Å². The SMILES string of the molecule is CC[C@@H](Br)C#N. The summed E-state index contributed by atoms with van der Waals surface area (Å²) in [6, 6.07) is 2.03. The average molecular weight is 148 g/mol. The van der Waals surface area contributed by atoms with E-state index in [0.717, 1.165) is 6.42 Å². The Bertz CT molecular complexity index is 64.4. The van der Waals surface area contributed by atoms with Gasteiger partial charge < -0.3 is 0 Å². The van der Waals surface area contributed by atoms with Gasteiger partial charge in [0.1, 0.15) is 4.83 Å². The molecule has 0 heterocycles. The van der Waals surface area contributed by atoms with E-state index in [0.29, 0.717) is 0 Å². The molecule has 0 aromatic carbocycles. The predicted octanol–water partition coefficient (Wildman–Crippen LogP) is 1.68. The van der Waals surface area contributed by atoms with Gasteiger partial charge in [-0.25, -0.2) is 0 Å². The first-order valence-corrected chi connectivity index (χ1v) is 2.76. The normalized spacial score (nSPS) is 12.8. The molecular formula is C4H6BrN. The number of alkyl halides is 1. The molecule has 2 heteroatoms. The maximum atomic E-state index is 8.04. The molecule has 0 aliphatic heterocycles. The standard InChI is InChI=1S/C4H6BrN/c1-2-4(5)3-6/h4H,2H2,1H3/t4-/m1/s1. The van der Waals surface area contributed by atoms with Crippen LogP contribution in [0.1, 0.15) is 13.3 Å². The molecule has 0 unspecified atom stereocenters. The second-order valence-electron chi connectivity index (χ2n) is 1.00. The van der Waals surface area contributed by atoms with Crippen LogP contribution in [0.15, 0.2) is 0 Å². The summed E-state index contributed by atoms with van der Waals surface area (Å²) in [5.41, 5.74) is 0. The number of hydrogen-bond acceptors (Lipinski definition) is 1. The lowest BCUT2D eigenvalue weighted by atomic mass is 10.4. The highest BCUT2D eigenvalue weighted by Crippen LogP contribution is 1.99. The number of nitriles is 1. The summed E-state index contributed by atoms with van der Waals surface area (Å²) in [7, 11) is 0. The zero-order chi connectivity index (χ0) is 4.99. The van der Waals surface area contributed by atoms with Crippen LogP contribution < -0.4 is 0 Å². The second kappa shape index (κ2) is 3.17. The van der Waals surface area contributed by atoms with Crippen LogP contribution in [0.25, 0.3) is 0 Å². The van der Waals surface area contributed by atoms with Gasteiger partial charge in [-0.2, -0.15) is 5.26 Å². The molecule has 34 valence electrons. The lowest BCUT2D eigenvalue weighted by Gasteiger charge is -1.84. The summed E-state index contributed by atoms with van der Waals surface area (Å²) in [6.07, 6.45) is 0.885. The van der Waals surface area contributed by atoms with Crippen molar-refractivity contribution in [1.82, 2.24) is 0 Å². The van der Waals surface area contributed by atoms with Crippen molar-refractivity contribution in [3.05, 3.63) is 0 Å². The largest absolute Gasteiger partial charge is 0.197 e. The van der Waals surface area contributed by atoms with Crippen molar-refractivity contribution < 1.29 is 0 Å². The van der Waals surface area contributed by atoms with E-state index < -0.39 is 0 Å². The molecule has 1 atom stereocenters. The summed E-state index contributed by atoms with van der Waals surface area (Å²) in [5.74, 6) is 0. The van der Waals surface area contributed by atoms with Crippen molar-refractivity contribution in [1.29, 1.82) is 5.26 Å². The van der Waals surface area contributed by atoms with E-state index in [4.69, 9.17) is 5.26 Å². The highest BCUT2D eigenvalue weighted by molar-refractivity contribution is 9.09. The van der Waals surface area contributed by atoms with E-state index in [2.05, 4.69) is 15.9 Å². The minimum Gasteiger partial charge on any atom is -0.197 e. The van der Waals surface area contributed by atoms with E-state index in [-0.39, 0.29) is 4.83 Å². The summed E-state index contributed by atoms with van der Waals surface area (Å²) in [4.78, 5) is 0.0532. The van der Waals surface area contributed by atoms with Gasteiger partial charge in [0.15, 0.2) is 0 Å². The van der Waals surface area contributed by atoms with Crippen molar-refractivity contribution >= 4 is 15.9 Å². The van der Waals surface area contributed by atoms with Crippen LogP contribution in [0.5, 0.6) is 0 Å². The molecule has 0 aliphatic carbocycles. The van der Waals surface area contributed by atoms with Crippen LogP contribution in [-0.4, -0.2) is 4.83 Å². The van der Waals surface area contributed by atoms with Crippen LogP contribution in [0.3, 0.4) is 0 Å². The van der Waals surface area contributed by atoms with Gasteiger partial charge in [-0.3, -0.25) is 0 Å². The summed E-state index contributed by atoms with van der Waals surface area (Å²) < 4.78 is 0. The minimum absolute atomic E-state index is 0.0532. The third-order valence-corrected chi connectivity index (χ3v) is 1.35. The third kappa shape index (κ3) is 2.22. The monoisotopic (exact) mass is 147 g/mol. The lowest BCUT2D eigenvalue weighted by molar-refractivity contribution is 1.00. The van der Waals surface area contributed by atoms with Crippen molar-refractivity contribution in [2.75, 3.05) is 0 Å². The zero-order valence-electron chi connectivity index (χ0n) is 3.61. The van der Waals surface area contributed by atoms with Gasteiger partial charge in [0.2, 0.25) is 0 Å². The Kier molecular flexibility index (Phi) is 3.16. The van der Waals surface area contributed by atoms with Gasteiger partial charge in [-0.1, -0.05) is 22.9 Å². The van der Waals surface area contributed by atoms with E-state index in [1.165, 1.54) is 0 Å². The molecule has 0 N–H and O–H groups in total. The zero-order valence-corrected chi connectivity index (χ0v) is 5.20. The van der Waals surface area contributed by atoms with Crippen molar-refractivity contribution in [2.45, 2.75) is 18.2 Å². The summed E-state index contributed by atoms with van der Waals surface area (Å²) in [5, 5.41) is 8.04. The van der Waals surface area contributed by atoms with Crippen LogP contribution >= 0.6 is 15.9 Å². The smallest absolute Gasteiger partial charge is 0.101 e. The van der Waals surface area contributed by atoms with E-state index in [1.807, 2.05) is 13.0 Å². The highest BCUT2D eigenvalue weighted by Gasteiger charge is 1.91. The highest BCUT2D eigenvalue weighted by atomic mass is 79.9. The van der Waals surface area contributed by atoms with E-state index >= 15 is 0 Å². The molecule has 0 saturated carbocycles. The molecular weight excluding hydrogens is 142 g/mol. The van der Waals surface area contributed by atoms with Crippen LogP contribution in [0, 0.1) is 11.3 Å². The number of halogens is 1. The number of hydrogen-bond donors (Lipinski definition) is 0. The van der Waals surface area contributed by atoms with Crippen LogP contribution in [0.4, 0.5) is 0 Å². The molecule has 0 radical (unpaired) electrons. The van der Waals surface area contributed by atoms with Gasteiger partial charge in [-0.05, 0) is 6.42 Å². The lowest BCUT2D eigenvalue weighted by Crippen LogP contribution is -1.85. The average Bonchev–Trinajstić information content (AvgIpc) is 1.65. The maximum absolute atomic E-state index is 8.04. The second-order valence-corrected chi connectivity index (χ2v) is 2.11. The van der Waals surface area contributed by atoms with Crippen molar-refractivity contribution in [2.24, 2.45) is 0 Å². The Hall–Kier alpha value is -0.0300. The van der Waals surface area contributed by atoms with Gasteiger partial charge in [-0.15, -0.1) is 0 Å². The fourth-order valence-corrected chi connectivity index (χ4v) is 0.0913. The molecule has 0 fully saturated rings. The first kappa shape index (κ1) is 5.97. The predicted molar refractivity (Wildman–Crippen MR) is 28.6 cm³/mol. The molecule has 0 aromatic heterocycles. The fraction of sp³-hybridized carbons (Fsp3) is 0.750. The Labute approximate surface area is 46.1 Å². The molecule has 0 bridgehead atoms. The molecule has 0 rings (SSSR count).